The van der Waals surface area contributed by atoms with Gasteiger partial charge < -0.3 is 9.22 Å². The quantitative estimate of drug-likeness (QED) is 0.0539. The third-order valence-electron chi connectivity index (χ3n) is 9.03. The zero-order chi connectivity index (χ0) is 31.0. The Morgan fingerprint density at radius 2 is 0.619 bits per heavy atom. The molecule has 0 atom stereocenters. The number of hydrogen-bond donors (Lipinski definition) is 0. The fourth-order valence-corrected chi connectivity index (χ4v) is 7.56. The minimum Gasteiger partial charge on any atom is -0.512 e. The third kappa shape index (κ3) is 29.4. The second-order valence-corrected chi connectivity index (χ2v) is 17.6. The van der Waals surface area contributed by atoms with E-state index in [1.807, 2.05) is 13.1 Å². The smallest absolute Gasteiger partial charge is 0.318 e. The standard InChI is InChI=1S/C38H76O3Si/c1-5-7-9-11-13-15-17-19-21-23-25-27-29-31-33-35-37(39)41-42(3,4)38(40)36-34-32-30-28-26-24-22-20-18-16-14-12-10-8-6-2/h5-36H2,1-4H3. The lowest BCUT2D eigenvalue weighted by atomic mass is 10.0. The largest absolute Gasteiger partial charge is 0.512 e. The zero-order valence-corrected chi connectivity index (χ0v) is 30.4. The third-order valence-corrected chi connectivity index (χ3v) is 11.4. The molecular formula is C38H76O3Si. The fraction of sp³-hybridized carbons (Fsp3) is 0.947. The molecule has 0 saturated heterocycles. The highest BCUT2D eigenvalue weighted by Gasteiger charge is 2.35. The van der Waals surface area contributed by atoms with Crippen LogP contribution in [0.2, 0.25) is 13.1 Å². The van der Waals surface area contributed by atoms with Crippen LogP contribution >= 0.6 is 0 Å². The number of carbonyl (C=O) groups excluding carboxylic acids is 2. The van der Waals surface area contributed by atoms with Crippen molar-refractivity contribution in [2.45, 2.75) is 232 Å². The van der Waals surface area contributed by atoms with Crippen molar-refractivity contribution >= 4 is 19.7 Å². The monoisotopic (exact) mass is 609 g/mol. The van der Waals surface area contributed by atoms with Crippen LogP contribution in [0.15, 0.2) is 0 Å². The summed E-state index contributed by atoms with van der Waals surface area (Å²) in [5.74, 6) is -0.147. The summed E-state index contributed by atoms with van der Waals surface area (Å²) in [6.07, 6.45) is 40.8. The molecule has 0 spiro atoms. The summed E-state index contributed by atoms with van der Waals surface area (Å²) in [7, 11) is -2.57. The van der Waals surface area contributed by atoms with Crippen LogP contribution in [-0.2, 0) is 14.0 Å². The van der Waals surface area contributed by atoms with E-state index in [2.05, 4.69) is 13.8 Å². The molecule has 0 aliphatic heterocycles. The summed E-state index contributed by atoms with van der Waals surface area (Å²) in [6, 6.07) is 0. The minimum atomic E-state index is -2.57. The summed E-state index contributed by atoms with van der Waals surface area (Å²) in [6.45, 7) is 8.38. The number of hydrogen-bond acceptors (Lipinski definition) is 3. The Morgan fingerprint density at radius 1 is 0.381 bits per heavy atom. The lowest BCUT2D eigenvalue weighted by Gasteiger charge is -2.21. The number of unbranched alkanes of at least 4 members (excludes halogenated alkanes) is 28. The fourth-order valence-electron chi connectivity index (χ4n) is 5.99. The molecule has 0 rings (SSSR count). The van der Waals surface area contributed by atoms with E-state index in [1.54, 1.807) is 0 Å². The Bertz CT molecular complexity index is 589. The second-order valence-electron chi connectivity index (χ2n) is 13.8. The first-order chi connectivity index (χ1) is 20.4. The Balaban J connectivity index is 3.53. The van der Waals surface area contributed by atoms with Gasteiger partial charge in [-0.1, -0.05) is 194 Å². The van der Waals surface area contributed by atoms with Crippen LogP contribution in [0.4, 0.5) is 0 Å². The van der Waals surface area contributed by atoms with Crippen LogP contribution in [0.3, 0.4) is 0 Å². The van der Waals surface area contributed by atoms with E-state index in [9.17, 15) is 9.59 Å². The summed E-state index contributed by atoms with van der Waals surface area (Å²) in [5, 5.41) is 0.210. The van der Waals surface area contributed by atoms with E-state index in [4.69, 9.17) is 4.43 Å². The van der Waals surface area contributed by atoms with Gasteiger partial charge in [0.05, 0.1) is 0 Å². The van der Waals surface area contributed by atoms with Gasteiger partial charge in [0.2, 0.25) is 0 Å². The first kappa shape index (κ1) is 41.4. The Kier molecular flexibility index (Phi) is 31.3. The summed E-state index contributed by atoms with van der Waals surface area (Å²) in [4.78, 5) is 25.1. The van der Waals surface area contributed by atoms with Gasteiger partial charge in [-0.05, 0) is 25.9 Å². The first-order valence-electron chi connectivity index (χ1n) is 19.2. The van der Waals surface area contributed by atoms with Gasteiger partial charge in [-0.25, -0.2) is 0 Å². The number of rotatable bonds is 34. The predicted octanol–water partition coefficient (Wildman–Crippen LogP) is 13.4. The van der Waals surface area contributed by atoms with Crippen molar-refractivity contribution in [2.75, 3.05) is 0 Å². The van der Waals surface area contributed by atoms with Crippen molar-refractivity contribution in [3.8, 4) is 0 Å². The van der Waals surface area contributed by atoms with Crippen molar-refractivity contribution in [1.82, 2.24) is 0 Å². The van der Waals surface area contributed by atoms with Crippen LogP contribution < -0.4 is 0 Å². The van der Waals surface area contributed by atoms with Crippen molar-refractivity contribution in [2.24, 2.45) is 0 Å². The molecule has 42 heavy (non-hydrogen) atoms. The summed E-state index contributed by atoms with van der Waals surface area (Å²) in [5.41, 5.74) is 0. The molecule has 0 unspecified atom stereocenters. The van der Waals surface area contributed by atoms with Crippen molar-refractivity contribution in [1.29, 1.82) is 0 Å². The van der Waals surface area contributed by atoms with Crippen molar-refractivity contribution in [3.05, 3.63) is 0 Å². The zero-order valence-electron chi connectivity index (χ0n) is 29.4. The highest BCUT2D eigenvalue weighted by atomic mass is 28.4. The van der Waals surface area contributed by atoms with Gasteiger partial charge in [-0.2, -0.15) is 0 Å². The maximum absolute atomic E-state index is 12.7. The van der Waals surface area contributed by atoms with E-state index >= 15 is 0 Å². The second kappa shape index (κ2) is 31.8. The van der Waals surface area contributed by atoms with Crippen LogP contribution in [0.5, 0.6) is 0 Å². The highest BCUT2D eigenvalue weighted by molar-refractivity contribution is 7.00. The Labute approximate surface area is 265 Å². The lowest BCUT2D eigenvalue weighted by Crippen LogP contribution is -2.43. The molecule has 4 heteroatoms. The molecule has 0 bridgehead atoms. The molecular weight excluding hydrogens is 533 g/mol. The molecule has 0 radical (unpaired) electrons. The van der Waals surface area contributed by atoms with Crippen LogP contribution in [0, 0.1) is 0 Å². The predicted molar refractivity (Wildman–Crippen MR) is 188 cm³/mol. The molecule has 0 heterocycles. The molecule has 0 saturated carbocycles. The van der Waals surface area contributed by atoms with Crippen LogP contribution in [0.1, 0.15) is 219 Å². The molecule has 0 amide bonds. The molecule has 0 aromatic carbocycles. The van der Waals surface area contributed by atoms with Gasteiger partial charge in [0.15, 0.2) is 5.41 Å². The molecule has 0 aliphatic rings. The topological polar surface area (TPSA) is 43.4 Å². The molecule has 0 N–H and O–H groups in total. The number of carbonyl (C=O) groups is 2. The van der Waals surface area contributed by atoms with Gasteiger partial charge in [0.25, 0.3) is 5.97 Å². The Morgan fingerprint density at radius 3 is 0.905 bits per heavy atom. The molecule has 0 fully saturated rings. The SMILES string of the molecule is CCCCCCCCCCCCCCCCCC(=O)O[Si](C)(C)C(=O)CCCCCCCCCCCCCCCCC. The van der Waals surface area contributed by atoms with Gasteiger partial charge >= 0.3 is 8.32 Å². The van der Waals surface area contributed by atoms with Gasteiger partial charge in [-0.15, -0.1) is 0 Å². The molecule has 3 nitrogen and oxygen atoms in total. The Hall–Kier alpha value is -0.643. The van der Waals surface area contributed by atoms with Crippen molar-refractivity contribution in [3.63, 3.8) is 0 Å². The van der Waals surface area contributed by atoms with Gasteiger partial charge in [0.1, 0.15) is 0 Å². The van der Waals surface area contributed by atoms with E-state index < -0.39 is 8.32 Å². The van der Waals surface area contributed by atoms with Crippen LogP contribution in [-0.4, -0.2) is 19.7 Å². The lowest BCUT2D eigenvalue weighted by molar-refractivity contribution is -0.136. The van der Waals surface area contributed by atoms with Crippen molar-refractivity contribution < 1.29 is 14.0 Å². The minimum absolute atomic E-state index is 0.147. The molecule has 0 aromatic rings. The normalized spacial score (nSPS) is 11.7. The molecule has 0 aliphatic carbocycles. The molecule has 0 aromatic heterocycles. The maximum atomic E-state index is 12.7. The molecule has 250 valence electrons. The maximum Gasteiger partial charge on any atom is 0.318 e. The van der Waals surface area contributed by atoms with Gasteiger partial charge in [0, 0.05) is 12.8 Å². The van der Waals surface area contributed by atoms with Gasteiger partial charge in [-0.3, -0.25) is 4.79 Å². The highest BCUT2D eigenvalue weighted by Crippen LogP contribution is 2.18. The summed E-state index contributed by atoms with van der Waals surface area (Å²) >= 11 is 0. The van der Waals surface area contributed by atoms with Crippen LogP contribution in [0.25, 0.3) is 0 Å². The van der Waals surface area contributed by atoms with E-state index in [1.165, 1.54) is 167 Å². The first-order valence-corrected chi connectivity index (χ1v) is 22.1. The van der Waals surface area contributed by atoms with E-state index in [0.717, 1.165) is 25.7 Å². The summed E-state index contributed by atoms with van der Waals surface area (Å²) < 4.78 is 5.74. The average Bonchev–Trinajstić information content (AvgIpc) is 2.96. The van der Waals surface area contributed by atoms with E-state index in [-0.39, 0.29) is 11.4 Å². The average molecular weight is 609 g/mol. The van der Waals surface area contributed by atoms with E-state index in [0.29, 0.717) is 12.8 Å².